The number of aliphatic hydroxyl groups excluding tert-OH is 2. The molecule has 18 heavy (non-hydrogen) atoms. The van der Waals surface area contributed by atoms with Crippen molar-refractivity contribution in [3.8, 4) is 0 Å². The summed E-state index contributed by atoms with van der Waals surface area (Å²) in [6, 6.07) is 0. The van der Waals surface area contributed by atoms with E-state index < -0.39 is 46.4 Å². The zero-order chi connectivity index (χ0) is 13.9. The van der Waals surface area contributed by atoms with Crippen molar-refractivity contribution in [2.75, 3.05) is 12.4 Å². The zero-order valence-corrected chi connectivity index (χ0v) is 9.91. The fourth-order valence-corrected chi connectivity index (χ4v) is 2.06. The average Bonchev–Trinajstić information content (AvgIpc) is 2.36. The first-order valence-corrected chi connectivity index (χ1v) is 5.82. The van der Waals surface area contributed by atoms with E-state index in [2.05, 4.69) is 6.58 Å². The Kier molecular flexibility index (Phi) is 5.18. The molecule has 0 aromatic heterocycles. The van der Waals surface area contributed by atoms with E-state index in [1.54, 1.807) is 0 Å². The normalized spacial score (nSPS) is 12.6. The van der Waals surface area contributed by atoms with E-state index >= 15 is 0 Å². The minimum absolute atomic E-state index is 0.295. The summed E-state index contributed by atoms with van der Waals surface area (Å²) in [5.41, 5.74) is -0.878. The Labute approximate surface area is 105 Å². The Balaban J connectivity index is 3.17. The topological polar surface area (TPSA) is 40.5 Å². The van der Waals surface area contributed by atoms with Crippen LogP contribution in [0.25, 0.3) is 6.08 Å². The van der Waals surface area contributed by atoms with E-state index in [1.807, 2.05) is 0 Å². The van der Waals surface area contributed by atoms with Crippen molar-refractivity contribution < 1.29 is 27.8 Å². The van der Waals surface area contributed by atoms with Gasteiger partial charge in [0.05, 0.1) is 23.2 Å². The van der Waals surface area contributed by atoms with Gasteiger partial charge in [0.1, 0.15) is 0 Å². The lowest BCUT2D eigenvalue weighted by molar-refractivity contribution is 0.113. The smallest absolute Gasteiger partial charge is 0.176 e. The molecule has 0 aliphatic carbocycles. The van der Waals surface area contributed by atoms with Gasteiger partial charge in [-0.15, -0.1) is 11.8 Å². The highest BCUT2D eigenvalue weighted by Gasteiger charge is 2.24. The molecule has 1 atom stereocenters. The number of hydrogen-bond acceptors (Lipinski definition) is 3. The molecule has 1 unspecified atom stereocenters. The highest BCUT2D eigenvalue weighted by molar-refractivity contribution is 7.99. The molecular formula is C11H10F4O2S. The third kappa shape index (κ3) is 2.85. The summed E-state index contributed by atoms with van der Waals surface area (Å²) in [7, 11) is 0. The molecule has 0 amide bonds. The van der Waals surface area contributed by atoms with Crippen LogP contribution in [0, 0.1) is 23.3 Å². The first-order valence-electron chi connectivity index (χ1n) is 4.84. The third-order valence-corrected chi connectivity index (χ3v) is 3.29. The van der Waals surface area contributed by atoms with Gasteiger partial charge in [-0.2, -0.15) is 0 Å². The molecule has 0 radical (unpaired) electrons. The fourth-order valence-electron chi connectivity index (χ4n) is 1.17. The molecule has 1 rings (SSSR count). The molecular weight excluding hydrogens is 272 g/mol. The fraction of sp³-hybridized carbons (Fsp3) is 0.273. The van der Waals surface area contributed by atoms with Gasteiger partial charge in [-0.1, -0.05) is 12.7 Å². The van der Waals surface area contributed by atoms with Gasteiger partial charge >= 0.3 is 0 Å². The lowest BCUT2D eigenvalue weighted by Crippen LogP contribution is -2.15. The summed E-state index contributed by atoms with van der Waals surface area (Å²) in [5.74, 6) is -6.45. The predicted molar refractivity (Wildman–Crippen MR) is 60.2 cm³/mol. The standard InChI is InChI=1S/C11H10F4O2S/c1-2-6-7(12)9(14)11(10(15)8(6)13)18-4-5(17)3-16/h2,5,16-17H,1,3-4H2. The second kappa shape index (κ2) is 6.21. The summed E-state index contributed by atoms with van der Waals surface area (Å²) in [6.45, 7) is 2.44. The maximum absolute atomic E-state index is 13.4. The molecule has 2 N–H and O–H groups in total. The van der Waals surface area contributed by atoms with E-state index in [4.69, 9.17) is 10.2 Å². The quantitative estimate of drug-likeness (QED) is 0.495. The van der Waals surface area contributed by atoms with Gasteiger partial charge in [0.2, 0.25) is 0 Å². The van der Waals surface area contributed by atoms with Crippen LogP contribution in [-0.2, 0) is 0 Å². The third-order valence-electron chi connectivity index (χ3n) is 2.09. The molecule has 0 fully saturated rings. The lowest BCUT2D eigenvalue weighted by Gasteiger charge is -2.11. The SMILES string of the molecule is C=Cc1c(F)c(F)c(SCC(O)CO)c(F)c1F. The summed E-state index contributed by atoms with van der Waals surface area (Å²) in [4.78, 5) is -0.872. The second-order valence-electron chi connectivity index (χ2n) is 3.35. The maximum atomic E-state index is 13.4. The minimum atomic E-state index is -1.54. The van der Waals surface area contributed by atoms with Crippen molar-refractivity contribution >= 4 is 17.8 Å². The highest BCUT2D eigenvalue weighted by atomic mass is 32.2. The van der Waals surface area contributed by atoms with Crippen LogP contribution in [-0.4, -0.2) is 28.7 Å². The Morgan fingerprint density at radius 2 is 1.61 bits per heavy atom. The minimum Gasteiger partial charge on any atom is -0.394 e. The van der Waals surface area contributed by atoms with Gasteiger partial charge < -0.3 is 10.2 Å². The molecule has 0 aliphatic heterocycles. The van der Waals surface area contributed by atoms with Crippen molar-refractivity contribution in [2.45, 2.75) is 11.0 Å². The van der Waals surface area contributed by atoms with Crippen LogP contribution in [0.2, 0.25) is 0 Å². The average molecular weight is 282 g/mol. The van der Waals surface area contributed by atoms with Gasteiger partial charge in [0, 0.05) is 5.75 Å². The lowest BCUT2D eigenvalue weighted by atomic mass is 10.2. The molecule has 0 saturated carbocycles. The van der Waals surface area contributed by atoms with Crippen molar-refractivity contribution in [2.24, 2.45) is 0 Å². The van der Waals surface area contributed by atoms with E-state index in [9.17, 15) is 17.6 Å². The van der Waals surface area contributed by atoms with Crippen LogP contribution in [0.15, 0.2) is 11.5 Å². The molecule has 100 valence electrons. The molecule has 0 aliphatic rings. The van der Waals surface area contributed by atoms with Crippen LogP contribution >= 0.6 is 11.8 Å². The first kappa shape index (κ1) is 15.0. The van der Waals surface area contributed by atoms with E-state index in [0.717, 1.165) is 0 Å². The Hall–Kier alpha value is -1.05. The highest BCUT2D eigenvalue weighted by Crippen LogP contribution is 2.32. The van der Waals surface area contributed by atoms with Crippen molar-refractivity contribution in [1.29, 1.82) is 0 Å². The van der Waals surface area contributed by atoms with Gasteiger partial charge in [0.15, 0.2) is 23.3 Å². The molecule has 2 nitrogen and oxygen atoms in total. The number of benzene rings is 1. The van der Waals surface area contributed by atoms with Crippen LogP contribution in [0.3, 0.4) is 0 Å². The maximum Gasteiger partial charge on any atom is 0.176 e. The van der Waals surface area contributed by atoms with Crippen LogP contribution in [0.4, 0.5) is 17.6 Å². The predicted octanol–water partition coefficient (Wildman–Crippen LogP) is 2.33. The summed E-state index contributed by atoms with van der Waals surface area (Å²) in [6.07, 6.45) is -0.563. The number of thioether (sulfide) groups is 1. The largest absolute Gasteiger partial charge is 0.394 e. The number of halogens is 4. The Morgan fingerprint density at radius 3 is 2.00 bits per heavy atom. The summed E-state index contributed by atoms with van der Waals surface area (Å²) in [5, 5.41) is 17.6. The van der Waals surface area contributed by atoms with Crippen LogP contribution < -0.4 is 0 Å². The van der Waals surface area contributed by atoms with Gasteiger partial charge in [-0.05, 0) is 0 Å². The van der Waals surface area contributed by atoms with E-state index in [-0.39, 0.29) is 5.75 Å². The van der Waals surface area contributed by atoms with E-state index in [0.29, 0.717) is 17.8 Å². The summed E-state index contributed by atoms with van der Waals surface area (Å²) >= 11 is 0.380. The Morgan fingerprint density at radius 1 is 1.11 bits per heavy atom. The van der Waals surface area contributed by atoms with Gasteiger partial charge in [-0.25, -0.2) is 17.6 Å². The molecule has 0 saturated heterocycles. The second-order valence-corrected chi connectivity index (χ2v) is 4.38. The first-order chi connectivity index (χ1) is 8.43. The van der Waals surface area contributed by atoms with Crippen molar-refractivity contribution in [1.82, 2.24) is 0 Å². The van der Waals surface area contributed by atoms with E-state index in [1.165, 1.54) is 0 Å². The number of aliphatic hydroxyl groups is 2. The van der Waals surface area contributed by atoms with Crippen molar-refractivity contribution in [3.05, 3.63) is 35.4 Å². The molecule has 7 heteroatoms. The number of hydrogen-bond donors (Lipinski definition) is 2. The molecule has 0 heterocycles. The monoisotopic (exact) mass is 282 g/mol. The van der Waals surface area contributed by atoms with Crippen molar-refractivity contribution in [3.63, 3.8) is 0 Å². The Bertz CT molecular complexity index is 436. The van der Waals surface area contributed by atoms with Gasteiger partial charge in [-0.3, -0.25) is 0 Å². The molecule has 0 spiro atoms. The van der Waals surface area contributed by atoms with Gasteiger partial charge in [0.25, 0.3) is 0 Å². The molecule has 0 bridgehead atoms. The van der Waals surface area contributed by atoms with Crippen LogP contribution in [0.1, 0.15) is 5.56 Å². The molecule has 1 aromatic rings. The van der Waals surface area contributed by atoms with Crippen LogP contribution in [0.5, 0.6) is 0 Å². The zero-order valence-electron chi connectivity index (χ0n) is 9.09. The summed E-state index contributed by atoms with van der Waals surface area (Å²) < 4.78 is 53.6. The molecule has 1 aromatic carbocycles. The number of rotatable bonds is 5.